The van der Waals surface area contributed by atoms with Crippen LogP contribution in [-0.2, 0) is 34.1 Å². The van der Waals surface area contributed by atoms with E-state index in [1.54, 1.807) is 49.6 Å². The number of hydrogen-bond donors (Lipinski definition) is 0. The zero-order valence-electron chi connectivity index (χ0n) is 26.0. The first kappa shape index (κ1) is 50.4. The zero-order valence-corrected chi connectivity index (χ0v) is 29.7. The van der Waals surface area contributed by atoms with Gasteiger partial charge in [0.1, 0.15) is 0 Å². The second-order valence-electron chi connectivity index (χ2n) is 9.08. The number of hydrogen-bond acceptors (Lipinski definition) is 8. The molecule has 0 aliphatic rings. The molecule has 0 unspecified atom stereocenters. The van der Waals surface area contributed by atoms with Gasteiger partial charge >= 0.3 is 100 Å². The maximum Gasteiger partial charge on any atom is 1.00 e. The fourth-order valence-corrected chi connectivity index (χ4v) is 2.67. The minimum Gasteiger partial charge on any atom is 1.00 e. The molecule has 0 spiro atoms. The van der Waals surface area contributed by atoms with E-state index >= 15 is 0 Å². The van der Waals surface area contributed by atoms with Crippen molar-refractivity contribution in [2.75, 3.05) is 26.2 Å². The van der Waals surface area contributed by atoms with Crippen molar-refractivity contribution in [1.29, 1.82) is 0 Å². The monoisotopic (exact) mass is 892 g/mol. The van der Waals surface area contributed by atoms with Crippen LogP contribution in [0.3, 0.4) is 0 Å². The Morgan fingerprint density at radius 1 is 0.365 bits per heavy atom. The van der Waals surface area contributed by atoms with Gasteiger partial charge in [0.15, 0.2) is 0 Å². The molecule has 4 aromatic rings. The van der Waals surface area contributed by atoms with E-state index in [0.29, 0.717) is 26.2 Å². The zero-order chi connectivity index (χ0) is 37.8. The van der Waals surface area contributed by atoms with Crippen LogP contribution < -0.4 is 0 Å². The molecule has 0 atom stereocenters. The van der Waals surface area contributed by atoms with Crippen LogP contribution in [0, 0.1) is 0 Å². The fourth-order valence-electron chi connectivity index (χ4n) is 2.67. The van der Waals surface area contributed by atoms with Crippen LogP contribution in [0.25, 0.3) is 0 Å². The van der Waals surface area contributed by atoms with Gasteiger partial charge in [-0.25, -0.2) is 0 Å². The van der Waals surface area contributed by atoms with Gasteiger partial charge in [0.05, 0.1) is 49.0 Å². The first-order chi connectivity index (χ1) is 22.8. The van der Waals surface area contributed by atoms with Gasteiger partial charge in [-0.1, -0.05) is 24.3 Å². The molecule has 0 radical (unpaired) electrons. The van der Waals surface area contributed by atoms with E-state index in [0.717, 1.165) is 22.8 Å². The molecule has 0 aromatic carbocycles. The van der Waals surface area contributed by atoms with E-state index in [-0.39, 0.29) is 34.1 Å². The first-order valence-corrected chi connectivity index (χ1v) is 17.6. The predicted octanol–water partition coefficient (Wildman–Crippen LogP) is 10.8. The van der Waals surface area contributed by atoms with Crippen molar-refractivity contribution in [3.8, 4) is 0 Å². The fraction of sp³-hybridized carbons (Fsp3) is 0.143. The largest absolute Gasteiger partial charge is 1.00 e. The summed E-state index contributed by atoms with van der Waals surface area (Å²) in [5, 5.41) is 0. The number of halogens is 12. The molecular weight excluding hydrogens is 865 g/mol. The summed E-state index contributed by atoms with van der Waals surface area (Å²) in [4.78, 5) is 33.6. The molecule has 4 aromatic heterocycles. The topological polar surface area (TPSA) is 101 Å². The van der Waals surface area contributed by atoms with Gasteiger partial charge in [-0.3, -0.25) is 39.9 Å². The molecule has 0 saturated carbocycles. The minimum atomic E-state index is -10.7. The summed E-state index contributed by atoms with van der Waals surface area (Å²) in [6.45, 7) is 2.61. The van der Waals surface area contributed by atoms with Crippen LogP contribution in [0.15, 0.2) is 118 Å². The van der Waals surface area contributed by atoms with Gasteiger partial charge < -0.3 is 0 Å². The maximum absolute atomic E-state index is 10.7. The van der Waals surface area contributed by atoms with Gasteiger partial charge in [-0.2, -0.15) is 0 Å². The van der Waals surface area contributed by atoms with Gasteiger partial charge in [-0.05, 0) is 48.5 Å². The molecule has 4 rings (SSSR count). The van der Waals surface area contributed by atoms with Crippen LogP contribution in [0.2, 0.25) is 0 Å². The Morgan fingerprint density at radius 2 is 0.538 bits per heavy atom. The third-order valence-electron chi connectivity index (χ3n) is 4.36. The Morgan fingerprint density at radius 3 is 0.673 bits per heavy atom. The molecule has 4 heterocycles. The SMILES string of the molecule is C(=NCCN=Cc1ccccn1)c1ccccn1.C(=NCCN=Cc1ccccn1)c1ccccn1.F[P-](F)(F)(F)(F)F.F[P-](F)(F)(F)(F)F.[Cu+].[Cu+]. The molecular formula is C28H28Cu2F12N8P2. The van der Waals surface area contributed by atoms with Crippen molar-refractivity contribution in [1.82, 2.24) is 19.9 Å². The molecule has 8 nitrogen and oxygen atoms in total. The number of rotatable bonds is 10. The van der Waals surface area contributed by atoms with Crippen molar-refractivity contribution < 1.29 is 84.5 Å². The third-order valence-corrected chi connectivity index (χ3v) is 4.36. The normalized spacial score (nSPS) is 14.1. The number of nitrogens with zero attached hydrogens (tertiary/aromatic N) is 8. The molecule has 0 saturated heterocycles. The van der Waals surface area contributed by atoms with Gasteiger partial charge in [-0.15, -0.1) is 0 Å². The van der Waals surface area contributed by atoms with Crippen LogP contribution in [0.5, 0.6) is 0 Å². The van der Waals surface area contributed by atoms with E-state index in [2.05, 4.69) is 39.9 Å². The summed E-state index contributed by atoms with van der Waals surface area (Å²) >= 11 is 0. The first-order valence-electron chi connectivity index (χ1n) is 13.6. The smallest absolute Gasteiger partial charge is 1.00 e. The molecule has 0 aliphatic heterocycles. The molecule has 0 fully saturated rings. The third kappa shape index (κ3) is 44.4. The van der Waals surface area contributed by atoms with Crippen LogP contribution in [0.4, 0.5) is 50.4 Å². The van der Waals surface area contributed by atoms with Crippen LogP contribution >= 0.6 is 15.6 Å². The number of pyridine rings is 4. The number of aromatic nitrogens is 4. The van der Waals surface area contributed by atoms with Crippen LogP contribution in [-0.4, -0.2) is 71.0 Å². The molecule has 52 heavy (non-hydrogen) atoms. The van der Waals surface area contributed by atoms with E-state index in [4.69, 9.17) is 0 Å². The van der Waals surface area contributed by atoms with Crippen LogP contribution in [0.1, 0.15) is 22.8 Å². The van der Waals surface area contributed by atoms with Gasteiger partial charge in [0, 0.05) is 49.6 Å². The Balaban J connectivity index is 0. The quantitative estimate of drug-likeness (QED) is 0.0520. The molecule has 24 heteroatoms. The standard InChI is InChI=1S/2C14H14N4.2Cu.2F6P/c2*1-3-7-17-13(5-1)11-15-9-10-16-12-14-6-2-4-8-18-14;;;2*1-7(2,3,4,5)6/h2*1-8,11-12H,9-10H2;;;;/q;;2*+1;2*-1. The van der Waals surface area contributed by atoms with Crippen molar-refractivity contribution in [3.63, 3.8) is 0 Å². The average Bonchev–Trinajstić information content (AvgIpc) is 3.00. The summed E-state index contributed by atoms with van der Waals surface area (Å²) in [6.07, 6.45) is 14.0. The Labute approximate surface area is 310 Å². The number of aliphatic imine (C=N–C) groups is 4. The maximum atomic E-state index is 9.87. The van der Waals surface area contributed by atoms with Gasteiger partial charge in [0.2, 0.25) is 0 Å². The van der Waals surface area contributed by atoms with Gasteiger partial charge in [0.25, 0.3) is 0 Å². The minimum absolute atomic E-state index is 0. The van der Waals surface area contributed by atoms with E-state index in [1.165, 1.54) is 0 Å². The molecule has 296 valence electrons. The summed E-state index contributed by atoms with van der Waals surface area (Å²) in [6, 6.07) is 23.0. The van der Waals surface area contributed by atoms with Crippen molar-refractivity contribution in [3.05, 3.63) is 120 Å². The Bertz CT molecular complexity index is 1420. The van der Waals surface area contributed by atoms with E-state index < -0.39 is 15.6 Å². The molecule has 0 bridgehead atoms. The molecule has 0 aliphatic carbocycles. The summed E-state index contributed by atoms with van der Waals surface area (Å²) in [5.74, 6) is 0. The van der Waals surface area contributed by atoms with E-state index in [1.807, 2.05) is 72.8 Å². The van der Waals surface area contributed by atoms with Crippen molar-refractivity contribution in [2.45, 2.75) is 0 Å². The average molecular weight is 894 g/mol. The molecule has 0 amide bonds. The van der Waals surface area contributed by atoms with E-state index in [9.17, 15) is 50.4 Å². The second kappa shape index (κ2) is 20.5. The summed E-state index contributed by atoms with van der Waals surface area (Å²) in [7, 11) is -21.3. The summed E-state index contributed by atoms with van der Waals surface area (Å²) < 4.78 is 118. The van der Waals surface area contributed by atoms with Crippen molar-refractivity contribution >= 4 is 40.5 Å². The van der Waals surface area contributed by atoms with Crippen molar-refractivity contribution in [2.24, 2.45) is 20.0 Å². The Hall–Kier alpha value is -3.66. The molecule has 0 N–H and O–H groups in total. The Kier molecular flexibility index (Phi) is 19.9. The summed E-state index contributed by atoms with van der Waals surface area (Å²) in [5.41, 5.74) is 3.47. The second-order valence-corrected chi connectivity index (χ2v) is 12.9. The predicted molar refractivity (Wildman–Crippen MR) is 174 cm³/mol.